The smallest absolute Gasteiger partial charge is 0.379 e. The van der Waals surface area contributed by atoms with Crippen molar-refractivity contribution in [1.82, 2.24) is 19.6 Å². The van der Waals surface area contributed by atoms with Gasteiger partial charge in [0.25, 0.3) is 11.6 Å². The highest BCUT2D eigenvalue weighted by molar-refractivity contribution is 6.01. The Morgan fingerprint density at radius 2 is 1.88 bits per heavy atom. The summed E-state index contributed by atoms with van der Waals surface area (Å²) in [4.78, 5) is 32.6. The molecule has 0 spiro atoms. The van der Waals surface area contributed by atoms with Crippen molar-refractivity contribution in [2.45, 2.75) is 20.0 Å². The first-order valence-corrected chi connectivity index (χ1v) is 7.57. The van der Waals surface area contributed by atoms with Gasteiger partial charge in [0.05, 0.1) is 7.11 Å². The van der Waals surface area contributed by atoms with Gasteiger partial charge in [0.1, 0.15) is 5.75 Å². The Morgan fingerprint density at radius 1 is 1.16 bits per heavy atom. The van der Waals surface area contributed by atoms with E-state index in [1.165, 1.54) is 11.4 Å². The molecule has 0 fully saturated rings. The van der Waals surface area contributed by atoms with Crippen molar-refractivity contribution in [2.75, 3.05) is 7.11 Å². The molecular formula is C17H16N4O4. The maximum absolute atomic E-state index is 12.4. The topological polar surface area (TPSA) is 95.7 Å². The Bertz CT molecular complexity index is 933. The van der Waals surface area contributed by atoms with Crippen LogP contribution in [-0.2, 0) is 4.74 Å². The summed E-state index contributed by atoms with van der Waals surface area (Å²) in [6, 6.07) is 8.30. The highest BCUT2D eigenvalue weighted by Gasteiger charge is 2.23. The van der Waals surface area contributed by atoms with Crippen LogP contribution in [0.4, 0.5) is 0 Å². The standard InChI is InChI=1S/C17H16N4O4/c1-10-8-9-18-17-19-15(20-21(10)17)16(23)25-11(2)14(22)12-4-6-13(24-3)7-5-12/h4-9,11H,1-3H3/t11-/m0/s1. The molecule has 128 valence electrons. The SMILES string of the molecule is COc1ccc(C(=O)[C@H](C)OC(=O)c2nc3nccc(C)n3n2)cc1. The van der Waals surface area contributed by atoms with Gasteiger partial charge in [0.15, 0.2) is 6.10 Å². The fourth-order valence-corrected chi connectivity index (χ4v) is 2.25. The molecule has 25 heavy (non-hydrogen) atoms. The zero-order chi connectivity index (χ0) is 18.0. The number of hydrogen-bond acceptors (Lipinski definition) is 7. The number of aromatic nitrogens is 4. The van der Waals surface area contributed by atoms with E-state index in [1.54, 1.807) is 43.6 Å². The van der Waals surface area contributed by atoms with Crippen LogP contribution in [0, 0.1) is 6.92 Å². The lowest BCUT2D eigenvalue weighted by molar-refractivity contribution is 0.0307. The molecule has 0 amide bonds. The summed E-state index contributed by atoms with van der Waals surface area (Å²) in [7, 11) is 1.54. The van der Waals surface area contributed by atoms with Gasteiger partial charge >= 0.3 is 5.97 Å². The molecule has 2 heterocycles. The van der Waals surface area contributed by atoms with E-state index < -0.39 is 12.1 Å². The molecule has 3 rings (SSSR count). The number of carbonyl (C=O) groups excluding carboxylic acids is 2. The van der Waals surface area contributed by atoms with Crippen molar-refractivity contribution in [3.05, 3.63) is 53.6 Å². The minimum atomic E-state index is -0.971. The fraction of sp³-hybridized carbons (Fsp3) is 0.235. The Hall–Kier alpha value is -3.29. The summed E-state index contributed by atoms with van der Waals surface area (Å²) in [6.07, 6.45) is 0.603. The Morgan fingerprint density at radius 3 is 2.52 bits per heavy atom. The molecule has 0 saturated carbocycles. The molecule has 2 aromatic heterocycles. The van der Waals surface area contributed by atoms with Gasteiger partial charge in [-0.25, -0.2) is 14.3 Å². The third-order valence-corrected chi connectivity index (χ3v) is 3.64. The largest absolute Gasteiger partial charge is 0.497 e. The number of methoxy groups -OCH3 is 1. The average Bonchev–Trinajstić information content (AvgIpc) is 3.07. The zero-order valence-corrected chi connectivity index (χ0v) is 14.0. The number of ketones is 1. The van der Waals surface area contributed by atoms with Crippen LogP contribution in [0.2, 0.25) is 0 Å². The van der Waals surface area contributed by atoms with Crippen LogP contribution in [0.15, 0.2) is 36.5 Å². The van der Waals surface area contributed by atoms with E-state index in [-0.39, 0.29) is 11.6 Å². The summed E-state index contributed by atoms with van der Waals surface area (Å²) in [6.45, 7) is 3.32. The van der Waals surface area contributed by atoms with E-state index in [1.807, 2.05) is 6.92 Å². The maximum Gasteiger partial charge on any atom is 0.379 e. The number of aryl methyl sites for hydroxylation is 1. The second-order valence-electron chi connectivity index (χ2n) is 5.37. The molecule has 1 aromatic carbocycles. The highest BCUT2D eigenvalue weighted by Crippen LogP contribution is 2.14. The van der Waals surface area contributed by atoms with E-state index in [4.69, 9.17) is 9.47 Å². The van der Waals surface area contributed by atoms with Gasteiger partial charge in [0.2, 0.25) is 5.78 Å². The Balaban J connectivity index is 1.74. The third-order valence-electron chi connectivity index (χ3n) is 3.64. The summed E-state index contributed by atoms with van der Waals surface area (Å²) in [5, 5.41) is 4.06. The number of benzene rings is 1. The van der Waals surface area contributed by atoms with Crippen molar-refractivity contribution < 1.29 is 19.1 Å². The van der Waals surface area contributed by atoms with Crippen molar-refractivity contribution >= 4 is 17.5 Å². The number of fused-ring (bicyclic) bond motifs is 1. The molecule has 8 heteroatoms. The van der Waals surface area contributed by atoms with Crippen LogP contribution in [0.3, 0.4) is 0 Å². The first kappa shape index (κ1) is 16.6. The number of carbonyl (C=O) groups is 2. The van der Waals surface area contributed by atoms with Crippen molar-refractivity contribution in [3.8, 4) is 5.75 Å². The van der Waals surface area contributed by atoms with Crippen LogP contribution in [-0.4, -0.2) is 44.5 Å². The van der Waals surface area contributed by atoms with Gasteiger partial charge in [-0.15, -0.1) is 5.10 Å². The molecule has 0 saturated heterocycles. The van der Waals surface area contributed by atoms with Gasteiger partial charge < -0.3 is 9.47 Å². The van der Waals surface area contributed by atoms with E-state index >= 15 is 0 Å². The van der Waals surface area contributed by atoms with Crippen molar-refractivity contribution in [2.24, 2.45) is 0 Å². The second-order valence-corrected chi connectivity index (χ2v) is 5.37. The van der Waals surface area contributed by atoms with E-state index in [0.717, 1.165) is 5.69 Å². The van der Waals surface area contributed by atoms with Crippen LogP contribution in [0.25, 0.3) is 5.78 Å². The monoisotopic (exact) mass is 340 g/mol. The van der Waals surface area contributed by atoms with Crippen molar-refractivity contribution in [1.29, 1.82) is 0 Å². The maximum atomic E-state index is 12.4. The lowest BCUT2D eigenvalue weighted by Crippen LogP contribution is -2.25. The average molecular weight is 340 g/mol. The zero-order valence-electron chi connectivity index (χ0n) is 14.0. The van der Waals surface area contributed by atoms with Crippen LogP contribution in [0.5, 0.6) is 5.75 Å². The number of ether oxygens (including phenoxy) is 2. The Labute approximate surface area is 143 Å². The molecule has 3 aromatic rings. The van der Waals surface area contributed by atoms with Crippen LogP contribution >= 0.6 is 0 Å². The molecule has 0 radical (unpaired) electrons. The molecule has 1 atom stereocenters. The first-order valence-electron chi connectivity index (χ1n) is 7.57. The van der Waals surface area contributed by atoms with Gasteiger partial charge in [-0.05, 0) is 44.2 Å². The van der Waals surface area contributed by atoms with Crippen molar-refractivity contribution in [3.63, 3.8) is 0 Å². The van der Waals surface area contributed by atoms with Gasteiger partial charge in [-0.3, -0.25) is 4.79 Å². The van der Waals surface area contributed by atoms with E-state index in [9.17, 15) is 9.59 Å². The molecule has 0 bridgehead atoms. The summed E-state index contributed by atoms with van der Waals surface area (Å²) in [5.74, 6) is -0.316. The van der Waals surface area contributed by atoms with Crippen LogP contribution in [0.1, 0.15) is 33.6 Å². The predicted octanol–water partition coefficient (Wildman–Crippen LogP) is 1.87. The van der Waals surface area contributed by atoms with Crippen LogP contribution < -0.4 is 4.74 Å². The Kier molecular flexibility index (Phi) is 4.42. The first-order chi connectivity index (χ1) is 12.0. The molecule has 0 aliphatic heterocycles. The molecule has 0 aliphatic rings. The lowest BCUT2D eigenvalue weighted by Gasteiger charge is -2.11. The second kappa shape index (κ2) is 6.68. The number of Topliss-reactive ketones (excluding diaryl/α,β-unsaturated/α-hetero) is 1. The number of nitrogens with zero attached hydrogens (tertiary/aromatic N) is 4. The normalized spacial score (nSPS) is 12.0. The third kappa shape index (κ3) is 3.32. The summed E-state index contributed by atoms with van der Waals surface area (Å²) in [5.41, 5.74) is 1.19. The number of hydrogen-bond donors (Lipinski definition) is 0. The van der Waals surface area contributed by atoms with Gasteiger partial charge in [-0.1, -0.05) is 0 Å². The summed E-state index contributed by atoms with van der Waals surface area (Å²) < 4.78 is 11.7. The van der Waals surface area contributed by atoms with E-state index in [2.05, 4.69) is 15.1 Å². The van der Waals surface area contributed by atoms with Gasteiger partial charge in [0, 0.05) is 17.5 Å². The van der Waals surface area contributed by atoms with E-state index in [0.29, 0.717) is 17.1 Å². The predicted molar refractivity (Wildman–Crippen MR) is 87.7 cm³/mol. The highest BCUT2D eigenvalue weighted by atomic mass is 16.5. The lowest BCUT2D eigenvalue weighted by atomic mass is 10.1. The number of rotatable bonds is 5. The molecule has 0 aliphatic carbocycles. The number of esters is 1. The summed E-state index contributed by atoms with van der Waals surface area (Å²) >= 11 is 0. The van der Waals surface area contributed by atoms with Gasteiger partial charge in [-0.2, -0.15) is 4.98 Å². The quantitative estimate of drug-likeness (QED) is 0.517. The molecular weight excluding hydrogens is 324 g/mol. The molecule has 8 nitrogen and oxygen atoms in total. The molecule has 0 unspecified atom stereocenters. The fourth-order valence-electron chi connectivity index (χ4n) is 2.25. The minimum Gasteiger partial charge on any atom is -0.497 e. The molecule has 0 N–H and O–H groups in total. The minimum absolute atomic E-state index is 0.142.